The second-order valence-corrected chi connectivity index (χ2v) is 5.48. The van der Waals surface area contributed by atoms with Gasteiger partial charge >= 0.3 is 0 Å². The van der Waals surface area contributed by atoms with Crippen molar-refractivity contribution in [2.24, 2.45) is 0 Å². The lowest BCUT2D eigenvalue weighted by molar-refractivity contribution is 0.413. The van der Waals surface area contributed by atoms with Crippen LogP contribution in [0, 0.1) is 0 Å². The molecular formula is C15H15NOS. The van der Waals surface area contributed by atoms with Gasteiger partial charge < -0.3 is 9.64 Å². The van der Waals surface area contributed by atoms with E-state index < -0.39 is 0 Å². The number of nitrogens with zero attached hydrogens (tertiary/aromatic N) is 1. The van der Waals surface area contributed by atoms with Gasteiger partial charge in [0.05, 0.1) is 12.8 Å². The molecule has 3 rings (SSSR count). The van der Waals surface area contributed by atoms with E-state index in [1.54, 1.807) is 7.11 Å². The van der Waals surface area contributed by atoms with Gasteiger partial charge in [0.15, 0.2) is 0 Å². The topological polar surface area (TPSA) is 12.5 Å². The maximum Gasteiger partial charge on any atom is 0.120 e. The molecule has 1 aliphatic rings. The third kappa shape index (κ3) is 1.95. The van der Waals surface area contributed by atoms with Gasteiger partial charge in [-0.1, -0.05) is 30.0 Å². The van der Waals surface area contributed by atoms with Crippen LogP contribution >= 0.6 is 11.8 Å². The Bertz CT molecular complexity index is 582. The van der Waals surface area contributed by atoms with Crippen LogP contribution in [-0.2, 0) is 6.54 Å². The number of ether oxygens (including phenoxy) is 1. The summed E-state index contributed by atoms with van der Waals surface area (Å²) in [5.41, 5.74) is 2.64. The Balaban J connectivity index is 2.11. The smallest absolute Gasteiger partial charge is 0.120 e. The van der Waals surface area contributed by atoms with Crippen LogP contribution in [-0.4, -0.2) is 14.2 Å². The molecule has 1 heterocycles. The summed E-state index contributed by atoms with van der Waals surface area (Å²) in [6.07, 6.45) is 0. The molecular weight excluding hydrogens is 242 g/mol. The first-order chi connectivity index (χ1) is 8.78. The Morgan fingerprint density at radius 2 is 1.94 bits per heavy atom. The fourth-order valence-corrected chi connectivity index (χ4v) is 3.36. The summed E-state index contributed by atoms with van der Waals surface area (Å²) >= 11 is 1.81. The highest BCUT2D eigenvalue weighted by molar-refractivity contribution is 7.99. The third-order valence-electron chi connectivity index (χ3n) is 3.18. The summed E-state index contributed by atoms with van der Waals surface area (Å²) in [5.74, 6) is 0.911. The molecule has 0 atom stereocenters. The van der Waals surface area contributed by atoms with E-state index in [0.717, 1.165) is 12.3 Å². The molecule has 0 saturated carbocycles. The standard InChI is InChI=1S/C15H15NOS/c1-16-10-11-5-3-4-6-14(11)18-15-9-12(17-2)7-8-13(15)16/h3-9H,10H2,1-2H3. The molecule has 2 nitrogen and oxygen atoms in total. The van der Waals surface area contributed by atoms with Crippen LogP contribution in [0.15, 0.2) is 52.3 Å². The Morgan fingerprint density at radius 3 is 2.78 bits per heavy atom. The Labute approximate surface area is 112 Å². The molecule has 92 valence electrons. The minimum absolute atomic E-state index is 0.911. The van der Waals surface area contributed by atoms with Crippen molar-refractivity contribution in [3.8, 4) is 5.75 Å². The van der Waals surface area contributed by atoms with E-state index in [-0.39, 0.29) is 0 Å². The fraction of sp³-hybridized carbons (Fsp3) is 0.200. The Hall–Kier alpha value is -1.61. The van der Waals surface area contributed by atoms with Crippen molar-refractivity contribution in [1.82, 2.24) is 0 Å². The largest absolute Gasteiger partial charge is 0.497 e. The lowest BCUT2D eigenvalue weighted by Gasteiger charge is -2.19. The highest BCUT2D eigenvalue weighted by Gasteiger charge is 2.17. The van der Waals surface area contributed by atoms with Gasteiger partial charge in [-0.05, 0) is 29.8 Å². The maximum absolute atomic E-state index is 5.31. The molecule has 18 heavy (non-hydrogen) atoms. The van der Waals surface area contributed by atoms with E-state index in [1.165, 1.54) is 21.0 Å². The molecule has 0 fully saturated rings. The minimum atomic E-state index is 0.911. The van der Waals surface area contributed by atoms with E-state index >= 15 is 0 Å². The zero-order valence-electron chi connectivity index (χ0n) is 10.5. The van der Waals surface area contributed by atoms with Crippen LogP contribution in [0.25, 0.3) is 0 Å². The molecule has 1 aliphatic heterocycles. The zero-order valence-corrected chi connectivity index (χ0v) is 11.3. The number of methoxy groups -OCH3 is 1. The summed E-state index contributed by atoms with van der Waals surface area (Å²) in [7, 11) is 3.84. The van der Waals surface area contributed by atoms with Gasteiger partial charge in [0.25, 0.3) is 0 Å². The monoisotopic (exact) mass is 257 g/mol. The number of hydrogen-bond acceptors (Lipinski definition) is 3. The van der Waals surface area contributed by atoms with Gasteiger partial charge in [0.2, 0.25) is 0 Å². The molecule has 0 amide bonds. The normalized spacial score (nSPS) is 13.6. The number of benzene rings is 2. The number of fused-ring (bicyclic) bond motifs is 2. The average molecular weight is 257 g/mol. The maximum atomic E-state index is 5.31. The van der Waals surface area contributed by atoms with Gasteiger partial charge in [0, 0.05) is 23.4 Å². The number of hydrogen-bond donors (Lipinski definition) is 0. The molecule has 0 aromatic heterocycles. The minimum Gasteiger partial charge on any atom is -0.497 e. The van der Waals surface area contributed by atoms with Gasteiger partial charge in [-0.2, -0.15) is 0 Å². The van der Waals surface area contributed by atoms with Crippen molar-refractivity contribution < 1.29 is 4.74 Å². The molecule has 0 bridgehead atoms. The van der Waals surface area contributed by atoms with E-state index in [4.69, 9.17) is 4.74 Å². The van der Waals surface area contributed by atoms with Crippen molar-refractivity contribution in [3.05, 3.63) is 48.0 Å². The van der Waals surface area contributed by atoms with Crippen molar-refractivity contribution in [1.29, 1.82) is 0 Å². The lowest BCUT2D eigenvalue weighted by Crippen LogP contribution is -2.15. The molecule has 3 heteroatoms. The molecule has 0 saturated heterocycles. The summed E-state index contributed by atoms with van der Waals surface area (Å²) in [6, 6.07) is 14.8. The molecule has 0 unspecified atom stereocenters. The summed E-state index contributed by atoms with van der Waals surface area (Å²) < 4.78 is 5.31. The first-order valence-corrected chi connectivity index (χ1v) is 6.74. The van der Waals surface area contributed by atoms with Crippen molar-refractivity contribution >= 4 is 17.4 Å². The first-order valence-electron chi connectivity index (χ1n) is 5.93. The summed E-state index contributed by atoms with van der Waals surface area (Å²) in [5, 5.41) is 0. The SMILES string of the molecule is COc1ccc2c(c1)Sc1ccccc1CN2C. The van der Waals surface area contributed by atoms with Crippen molar-refractivity contribution in [2.45, 2.75) is 16.3 Å². The second-order valence-electron chi connectivity index (χ2n) is 4.40. The average Bonchev–Trinajstić information content (AvgIpc) is 2.54. The van der Waals surface area contributed by atoms with Crippen molar-refractivity contribution in [3.63, 3.8) is 0 Å². The second kappa shape index (κ2) is 4.58. The van der Waals surface area contributed by atoms with Crippen molar-refractivity contribution in [2.75, 3.05) is 19.1 Å². The van der Waals surface area contributed by atoms with Gasteiger partial charge in [-0.15, -0.1) is 0 Å². The predicted octanol–water partition coefficient (Wildman–Crippen LogP) is 3.80. The molecule has 2 aromatic carbocycles. The van der Waals surface area contributed by atoms with Crippen LogP contribution in [0.4, 0.5) is 5.69 Å². The van der Waals surface area contributed by atoms with E-state index in [9.17, 15) is 0 Å². The van der Waals surface area contributed by atoms with Crippen LogP contribution in [0.3, 0.4) is 0 Å². The van der Waals surface area contributed by atoms with Gasteiger partial charge in [-0.25, -0.2) is 0 Å². The van der Waals surface area contributed by atoms with Crippen LogP contribution in [0.5, 0.6) is 5.75 Å². The van der Waals surface area contributed by atoms with Crippen LogP contribution < -0.4 is 9.64 Å². The van der Waals surface area contributed by atoms with Gasteiger partial charge in [0.1, 0.15) is 5.75 Å². The molecule has 2 aromatic rings. The summed E-state index contributed by atoms with van der Waals surface area (Å²) in [6.45, 7) is 0.947. The first kappa shape index (κ1) is 11.5. The number of rotatable bonds is 1. The van der Waals surface area contributed by atoms with E-state index in [0.29, 0.717) is 0 Å². The Kier molecular flexibility index (Phi) is 2.92. The molecule has 0 aliphatic carbocycles. The lowest BCUT2D eigenvalue weighted by atomic mass is 10.2. The predicted molar refractivity (Wildman–Crippen MR) is 75.7 cm³/mol. The van der Waals surface area contributed by atoms with Gasteiger partial charge in [-0.3, -0.25) is 0 Å². The zero-order chi connectivity index (χ0) is 12.5. The Morgan fingerprint density at radius 1 is 1.11 bits per heavy atom. The highest BCUT2D eigenvalue weighted by atomic mass is 32.2. The van der Waals surface area contributed by atoms with E-state index in [1.807, 2.05) is 17.8 Å². The molecule has 0 spiro atoms. The summed E-state index contributed by atoms with van der Waals surface area (Å²) in [4.78, 5) is 4.87. The molecule has 0 N–H and O–H groups in total. The highest BCUT2D eigenvalue weighted by Crippen LogP contribution is 2.42. The van der Waals surface area contributed by atoms with E-state index in [2.05, 4.69) is 48.3 Å². The fourth-order valence-electron chi connectivity index (χ4n) is 2.21. The quantitative estimate of drug-likeness (QED) is 0.771. The third-order valence-corrected chi connectivity index (χ3v) is 4.34. The van der Waals surface area contributed by atoms with Crippen LogP contribution in [0.2, 0.25) is 0 Å². The molecule has 0 radical (unpaired) electrons. The number of anilines is 1. The van der Waals surface area contributed by atoms with Crippen LogP contribution in [0.1, 0.15) is 5.56 Å².